The Balaban J connectivity index is 2.51. The lowest BCUT2D eigenvalue weighted by Gasteiger charge is -2.17. The van der Waals surface area contributed by atoms with Crippen LogP contribution in [0.3, 0.4) is 0 Å². The summed E-state index contributed by atoms with van der Waals surface area (Å²) < 4.78 is 25.6. The molecule has 0 aliphatic heterocycles. The Kier molecular flexibility index (Phi) is 6.48. The van der Waals surface area contributed by atoms with Gasteiger partial charge in [0.2, 0.25) is 10.0 Å². The lowest BCUT2D eigenvalue weighted by atomic mass is 10.1. The molecule has 0 unspecified atom stereocenters. The van der Waals surface area contributed by atoms with Crippen molar-refractivity contribution in [2.24, 2.45) is 0 Å². The van der Waals surface area contributed by atoms with Crippen LogP contribution in [-0.4, -0.2) is 39.1 Å². The second-order valence-corrected chi connectivity index (χ2v) is 7.06. The Morgan fingerprint density at radius 2 is 1.79 bits per heavy atom. The normalized spacial score (nSPS) is 12.0. The summed E-state index contributed by atoms with van der Waals surface area (Å²) in [4.78, 5) is 0. The second-order valence-electron chi connectivity index (χ2n) is 4.87. The average molecular weight is 284 g/mol. The third-order valence-electron chi connectivity index (χ3n) is 3.08. The van der Waals surface area contributed by atoms with Crippen LogP contribution < -0.4 is 5.32 Å². The molecule has 0 radical (unpaired) electrons. The van der Waals surface area contributed by atoms with Gasteiger partial charge in [0, 0.05) is 13.6 Å². The van der Waals surface area contributed by atoms with Gasteiger partial charge < -0.3 is 5.32 Å². The zero-order chi connectivity index (χ0) is 14.3. The molecule has 0 spiro atoms. The predicted octanol–water partition coefficient (Wildman–Crippen LogP) is 1.76. The van der Waals surface area contributed by atoms with Crippen molar-refractivity contribution < 1.29 is 8.42 Å². The number of benzene rings is 1. The Labute approximate surface area is 116 Å². The van der Waals surface area contributed by atoms with E-state index in [1.807, 2.05) is 38.2 Å². The van der Waals surface area contributed by atoms with Crippen LogP contribution in [0.1, 0.15) is 24.0 Å². The zero-order valence-electron chi connectivity index (χ0n) is 12.0. The molecule has 1 aromatic rings. The van der Waals surface area contributed by atoms with Crippen LogP contribution in [0.15, 0.2) is 24.3 Å². The smallest absolute Gasteiger partial charge is 0.214 e. The number of nitrogens with zero attached hydrogens (tertiary/aromatic N) is 1. The predicted molar refractivity (Wildman–Crippen MR) is 79.6 cm³/mol. The van der Waals surface area contributed by atoms with E-state index < -0.39 is 10.0 Å². The first-order chi connectivity index (χ1) is 8.95. The largest absolute Gasteiger partial charge is 0.320 e. The van der Waals surface area contributed by atoms with Crippen LogP contribution >= 0.6 is 0 Å². The Morgan fingerprint density at radius 3 is 2.37 bits per heavy atom. The summed E-state index contributed by atoms with van der Waals surface area (Å²) in [5.74, 6) is 0.219. The SMILES string of the molecule is CNCCCCS(=O)(=O)N(C)Cc1ccc(C)cc1. The first-order valence-electron chi connectivity index (χ1n) is 6.60. The van der Waals surface area contributed by atoms with Gasteiger partial charge in [0.1, 0.15) is 0 Å². The quantitative estimate of drug-likeness (QED) is 0.740. The van der Waals surface area contributed by atoms with Gasteiger partial charge >= 0.3 is 0 Å². The van der Waals surface area contributed by atoms with Crippen molar-refractivity contribution in [2.45, 2.75) is 26.3 Å². The third kappa shape index (κ3) is 5.72. The molecule has 108 valence electrons. The lowest BCUT2D eigenvalue weighted by Crippen LogP contribution is -2.29. The summed E-state index contributed by atoms with van der Waals surface area (Å²) in [7, 11) is 0.376. The minimum atomic E-state index is -3.14. The van der Waals surface area contributed by atoms with E-state index >= 15 is 0 Å². The number of hydrogen-bond acceptors (Lipinski definition) is 3. The maximum atomic E-state index is 12.1. The molecule has 0 aliphatic carbocycles. The van der Waals surface area contributed by atoms with E-state index in [-0.39, 0.29) is 5.75 Å². The highest BCUT2D eigenvalue weighted by Gasteiger charge is 2.17. The van der Waals surface area contributed by atoms with Gasteiger partial charge in [0.25, 0.3) is 0 Å². The van der Waals surface area contributed by atoms with Crippen molar-refractivity contribution >= 4 is 10.0 Å². The van der Waals surface area contributed by atoms with Crippen molar-refractivity contribution in [3.8, 4) is 0 Å². The van der Waals surface area contributed by atoms with Crippen LogP contribution in [0.4, 0.5) is 0 Å². The highest BCUT2D eigenvalue weighted by Crippen LogP contribution is 2.10. The Morgan fingerprint density at radius 1 is 1.16 bits per heavy atom. The maximum Gasteiger partial charge on any atom is 0.214 e. The monoisotopic (exact) mass is 284 g/mol. The minimum Gasteiger partial charge on any atom is -0.320 e. The van der Waals surface area contributed by atoms with Crippen LogP contribution in [0.2, 0.25) is 0 Å². The number of unbranched alkanes of at least 4 members (excludes halogenated alkanes) is 1. The average Bonchev–Trinajstić information content (AvgIpc) is 2.37. The van der Waals surface area contributed by atoms with Crippen molar-refractivity contribution in [2.75, 3.05) is 26.4 Å². The molecule has 0 fully saturated rings. The highest BCUT2D eigenvalue weighted by atomic mass is 32.2. The van der Waals surface area contributed by atoms with Gasteiger partial charge in [-0.1, -0.05) is 29.8 Å². The topological polar surface area (TPSA) is 49.4 Å². The molecule has 4 nitrogen and oxygen atoms in total. The molecule has 0 bridgehead atoms. The number of hydrogen-bond donors (Lipinski definition) is 1. The molecule has 0 saturated heterocycles. The molecule has 1 aromatic carbocycles. The van der Waals surface area contributed by atoms with Crippen LogP contribution in [0, 0.1) is 6.92 Å². The second kappa shape index (κ2) is 7.62. The molecule has 0 atom stereocenters. The molecule has 0 amide bonds. The number of nitrogens with one attached hydrogen (secondary N) is 1. The molecular formula is C14H24N2O2S. The number of sulfonamides is 1. The van der Waals surface area contributed by atoms with E-state index in [4.69, 9.17) is 0 Å². The summed E-state index contributed by atoms with van der Waals surface area (Å²) in [5, 5.41) is 3.02. The molecule has 0 aliphatic rings. The van der Waals surface area contributed by atoms with Crippen LogP contribution in [0.5, 0.6) is 0 Å². The standard InChI is InChI=1S/C14H24N2O2S/c1-13-6-8-14(9-7-13)12-16(3)19(17,18)11-5-4-10-15-2/h6-9,15H,4-5,10-12H2,1-3H3. The minimum absolute atomic E-state index is 0.219. The number of aryl methyl sites for hydroxylation is 1. The molecule has 1 rings (SSSR count). The molecule has 1 N–H and O–H groups in total. The molecule has 0 saturated carbocycles. The molecule has 0 aromatic heterocycles. The maximum absolute atomic E-state index is 12.1. The fourth-order valence-electron chi connectivity index (χ4n) is 1.79. The summed E-state index contributed by atoms with van der Waals surface area (Å²) in [5.41, 5.74) is 2.20. The summed E-state index contributed by atoms with van der Waals surface area (Å²) in [6, 6.07) is 7.95. The summed E-state index contributed by atoms with van der Waals surface area (Å²) in [6.07, 6.45) is 1.58. The van der Waals surface area contributed by atoms with Crippen molar-refractivity contribution in [3.05, 3.63) is 35.4 Å². The highest BCUT2D eigenvalue weighted by molar-refractivity contribution is 7.89. The van der Waals surface area contributed by atoms with E-state index in [1.54, 1.807) is 7.05 Å². The number of rotatable bonds is 8. The van der Waals surface area contributed by atoms with Crippen LogP contribution in [-0.2, 0) is 16.6 Å². The Hall–Kier alpha value is -0.910. The van der Waals surface area contributed by atoms with Gasteiger partial charge in [-0.3, -0.25) is 0 Å². The van der Waals surface area contributed by atoms with Crippen LogP contribution in [0.25, 0.3) is 0 Å². The third-order valence-corrected chi connectivity index (χ3v) is 4.96. The van der Waals surface area contributed by atoms with E-state index in [0.717, 1.165) is 18.5 Å². The van der Waals surface area contributed by atoms with Crippen molar-refractivity contribution in [1.29, 1.82) is 0 Å². The van der Waals surface area contributed by atoms with E-state index in [1.165, 1.54) is 9.87 Å². The van der Waals surface area contributed by atoms with E-state index in [2.05, 4.69) is 5.32 Å². The van der Waals surface area contributed by atoms with Crippen molar-refractivity contribution in [3.63, 3.8) is 0 Å². The van der Waals surface area contributed by atoms with Gasteiger partial charge in [0.05, 0.1) is 5.75 Å². The zero-order valence-corrected chi connectivity index (χ0v) is 12.8. The molecular weight excluding hydrogens is 260 g/mol. The fourth-order valence-corrected chi connectivity index (χ4v) is 3.02. The Bertz CT molecular complexity index is 469. The van der Waals surface area contributed by atoms with Gasteiger partial charge in [-0.25, -0.2) is 12.7 Å². The fraction of sp³-hybridized carbons (Fsp3) is 0.571. The summed E-state index contributed by atoms with van der Waals surface area (Å²) in [6.45, 7) is 3.32. The van der Waals surface area contributed by atoms with Gasteiger partial charge in [0.15, 0.2) is 0 Å². The first kappa shape index (κ1) is 16.1. The van der Waals surface area contributed by atoms with Gasteiger partial charge in [-0.2, -0.15) is 0 Å². The van der Waals surface area contributed by atoms with Gasteiger partial charge in [-0.15, -0.1) is 0 Å². The molecule has 0 heterocycles. The first-order valence-corrected chi connectivity index (χ1v) is 8.21. The lowest BCUT2D eigenvalue weighted by molar-refractivity contribution is 0.464. The molecule has 5 heteroatoms. The molecule has 19 heavy (non-hydrogen) atoms. The van der Waals surface area contributed by atoms with E-state index in [0.29, 0.717) is 13.0 Å². The van der Waals surface area contributed by atoms with Crippen molar-refractivity contribution in [1.82, 2.24) is 9.62 Å². The summed E-state index contributed by atoms with van der Waals surface area (Å²) >= 11 is 0. The van der Waals surface area contributed by atoms with E-state index in [9.17, 15) is 8.42 Å². The van der Waals surface area contributed by atoms with Gasteiger partial charge in [-0.05, 0) is 38.9 Å².